The van der Waals surface area contributed by atoms with E-state index in [-0.39, 0.29) is 0 Å². The minimum atomic E-state index is -1.24. The molecule has 3 aromatic carbocycles. The molecule has 0 atom stereocenters. The number of rotatable bonds is 5. The number of hydrogen-bond acceptors (Lipinski definition) is 3. The van der Waals surface area contributed by atoms with Crippen LogP contribution in [0.5, 0.6) is 0 Å². The summed E-state index contributed by atoms with van der Waals surface area (Å²) in [4.78, 5) is 23.7. The van der Waals surface area contributed by atoms with Crippen molar-refractivity contribution in [3.63, 3.8) is 0 Å². The van der Waals surface area contributed by atoms with Crippen molar-refractivity contribution in [1.82, 2.24) is 0 Å². The normalized spacial score (nSPS) is 10.3. The van der Waals surface area contributed by atoms with Crippen LogP contribution in [0.4, 0.5) is 14.5 Å². The maximum atomic E-state index is 13.5. The van der Waals surface area contributed by atoms with E-state index in [1.165, 1.54) is 0 Å². The topological polar surface area (TPSA) is 55.4 Å². The largest absolute Gasteiger partial charge is 0.452 e. The van der Waals surface area contributed by atoms with Crippen molar-refractivity contribution in [1.29, 1.82) is 0 Å². The van der Waals surface area contributed by atoms with E-state index in [4.69, 9.17) is 0 Å². The van der Waals surface area contributed by atoms with Gasteiger partial charge in [0.1, 0.15) is 17.2 Å². The standard InChI is InChI=1S/C21H15F2NO3/c22-17-7-4-8-18(23)20(17)21(26)27-13-19(25)24-16-11-9-15(10-12-16)14-5-2-1-3-6-14/h1-12H,13H2,(H,24,25). The summed E-state index contributed by atoms with van der Waals surface area (Å²) in [6.45, 7) is -0.660. The van der Waals surface area contributed by atoms with Gasteiger partial charge in [0.25, 0.3) is 5.91 Å². The number of ether oxygens (including phenoxy) is 1. The molecule has 0 saturated heterocycles. The van der Waals surface area contributed by atoms with E-state index in [0.717, 1.165) is 29.3 Å². The third kappa shape index (κ3) is 4.55. The molecule has 1 amide bonds. The molecular formula is C21H15F2NO3. The minimum absolute atomic E-state index is 0.507. The molecule has 3 rings (SSSR count). The molecule has 27 heavy (non-hydrogen) atoms. The van der Waals surface area contributed by atoms with E-state index in [2.05, 4.69) is 10.1 Å². The lowest BCUT2D eigenvalue weighted by Gasteiger charge is -2.08. The SMILES string of the molecule is O=C(COC(=O)c1c(F)cccc1F)Nc1ccc(-c2ccccc2)cc1. The van der Waals surface area contributed by atoms with Crippen molar-refractivity contribution in [3.8, 4) is 11.1 Å². The minimum Gasteiger partial charge on any atom is -0.452 e. The first-order chi connectivity index (χ1) is 13.0. The number of benzene rings is 3. The van der Waals surface area contributed by atoms with E-state index in [9.17, 15) is 18.4 Å². The van der Waals surface area contributed by atoms with Gasteiger partial charge in [0.05, 0.1) is 0 Å². The van der Waals surface area contributed by atoms with Crippen LogP contribution in [0.1, 0.15) is 10.4 Å². The van der Waals surface area contributed by atoms with Gasteiger partial charge in [0, 0.05) is 5.69 Å². The Morgan fingerprint density at radius 1 is 0.778 bits per heavy atom. The van der Waals surface area contributed by atoms with Crippen LogP contribution in [-0.4, -0.2) is 18.5 Å². The van der Waals surface area contributed by atoms with E-state index in [0.29, 0.717) is 5.69 Å². The number of amides is 1. The molecule has 0 aromatic heterocycles. The first kappa shape index (κ1) is 18.3. The van der Waals surface area contributed by atoms with Crippen molar-refractivity contribution in [2.45, 2.75) is 0 Å². The Bertz CT molecular complexity index is 937. The molecule has 4 nitrogen and oxygen atoms in total. The summed E-state index contributed by atoms with van der Waals surface area (Å²) in [5.74, 6) is -3.94. The maximum Gasteiger partial charge on any atom is 0.344 e. The Kier molecular flexibility index (Phi) is 5.56. The first-order valence-electron chi connectivity index (χ1n) is 8.11. The average Bonchev–Trinajstić information content (AvgIpc) is 2.67. The molecule has 0 spiro atoms. The van der Waals surface area contributed by atoms with Crippen LogP contribution in [0.3, 0.4) is 0 Å². The molecule has 0 heterocycles. The van der Waals surface area contributed by atoms with Gasteiger partial charge in [-0.2, -0.15) is 0 Å². The van der Waals surface area contributed by atoms with Gasteiger partial charge in [0.2, 0.25) is 0 Å². The second-order valence-electron chi connectivity index (χ2n) is 5.66. The summed E-state index contributed by atoms with van der Waals surface area (Å²) < 4.78 is 31.7. The van der Waals surface area contributed by atoms with Crippen LogP contribution in [0.15, 0.2) is 72.8 Å². The van der Waals surface area contributed by atoms with Gasteiger partial charge in [0.15, 0.2) is 6.61 Å². The number of esters is 1. The zero-order chi connectivity index (χ0) is 19.2. The van der Waals surface area contributed by atoms with Crippen LogP contribution >= 0.6 is 0 Å². The van der Waals surface area contributed by atoms with E-state index < -0.39 is 35.7 Å². The molecule has 3 aromatic rings. The van der Waals surface area contributed by atoms with Gasteiger partial charge in [-0.3, -0.25) is 4.79 Å². The Balaban J connectivity index is 1.57. The fourth-order valence-electron chi connectivity index (χ4n) is 2.47. The third-order valence-electron chi connectivity index (χ3n) is 3.78. The molecule has 136 valence electrons. The van der Waals surface area contributed by atoms with Gasteiger partial charge >= 0.3 is 5.97 Å². The van der Waals surface area contributed by atoms with Crippen LogP contribution in [0.2, 0.25) is 0 Å². The highest BCUT2D eigenvalue weighted by Crippen LogP contribution is 2.21. The molecule has 0 aliphatic heterocycles. The summed E-state index contributed by atoms with van der Waals surface area (Å²) >= 11 is 0. The Hall–Kier alpha value is -3.54. The molecule has 0 unspecified atom stereocenters. The summed E-state index contributed by atoms with van der Waals surface area (Å²) in [5, 5.41) is 2.55. The van der Waals surface area contributed by atoms with Crippen molar-refractivity contribution in [2.24, 2.45) is 0 Å². The Labute approximate surface area is 154 Å². The zero-order valence-corrected chi connectivity index (χ0v) is 14.1. The fraction of sp³-hybridized carbons (Fsp3) is 0.0476. The number of nitrogens with one attached hydrogen (secondary N) is 1. The predicted octanol–water partition coefficient (Wildman–Crippen LogP) is 4.43. The van der Waals surface area contributed by atoms with Crippen LogP contribution in [-0.2, 0) is 9.53 Å². The second kappa shape index (κ2) is 8.23. The van der Waals surface area contributed by atoms with Crippen molar-refractivity contribution in [3.05, 3.63) is 90.0 Å². The van der Waals surface area contributed by atoms with Crippen LogP contribution in [0.25, 0.3) is 11.1 Å². The van der Waals surface area contributed by atoms with Gasteiger partial charge in [-0.1, -0.05) is 48.5 Å². The molecular weight excluding hydrogens is 352 g/mol. The van der Waals surface area contributed by atoms with Crippen LogP contribution in [0, 0.1) is 11.6 Å². The second-order valence-corrected chi connectivity index (χ2v) is 5.66. The highest BCUT2D eigenvalue weighted by Gasteiger charge is 2.19. The van der Waals surface area contributed by atoms with Gasteiger partial charge < -0.3 is 10.1 Å². The van der Waals surface area contributed by atoms with E-state index in [1.807, 2.05) is 42.5 Å². The number of carbonyl (C=O) groups is 2. The number of carbonyl (C=O) groups excluding carboxylic acids is 2. The lowest BCUT2D eigenvalue weighted by molar-refractivity contribution is -0.119. The smallest absolute Gasteiger partial charge is 0.344 e. The summed E-state index contributed by atoms with van der Waals surface area (Å²) in [5.41, 5.74) is 1.71. The van der Waals surface area contributed by atoms with Crippen molar-refractivity contribution in [2.75, 3.05) is 11.9 Å². The van der Waals surface area contributed by atoms with Gasteiger partial charge in [-0.05, 0) is 35.4 Å². The quantitative estimate of drug-likeness (QED) is 0.679. The van der Waals surface area contributed by atoms with Crippen molar-refractivity contribution < 1.29 is 23.1 Å². The number of anilines is 1. The molecule has 0 saturated carbocycles. The molecule has 6 heteroatoms. The van der Waals surface area contributed by atoms with Gasteiger partial charge in [-0.25, -0.2) is 13.6 Å². The number of hydrogen-bond donors (Lipinski definition) is 1. The fourth-order valence-corrected chi connectivity index (χ4v) is 2.47. The third-order valence-corrected chi connectivity index (χ3v) is 3.78. The molecule has 0 aliphatic carbocycles. The number of halogens is 2. The van der Waals surface area contributed by atoms with Crippen molar-refractivity contribution >= 4 is 17.6 Å². The Morgan fingerprint density at radius 2 is 1.37 bits per heavy atom. The maximum absolute atomic E-state index is 13.5. The molecule has 0 bridgehead atoms. The predicted molar refractivity (Wildman–Crippen MR) is 97.1 cm³/mol. The summed E-state index contributed by atoms with van der Waals surface area (Å²) in [7, 11) is 0. The highest BCUT2D eigenvalue weighted by atomic mass is 19.1. The van der Waals surface area contributed by atoms with Gasteiger partial charge in [-0.15, -0.1) is 0 Å². The zero-order valence-electron chi connectivity index (χ0n) is 14.1. The Morgan fingerprint density at radius 3 is 2.00 bits per heavy atom. The lowest BCUT2D eigenvalue weighted by Crippen LogP contribution is -2.21. The molecule has 0 fully saturated rings. The van der Waals surface area contributed by atoms with Crippen LogP contribution < -0.4 is 5.32 Å². The molecule has 0 radical (unpaired) electrons. The highest BCUT2D eigenvalue weighted by molar-refractivity contribution is 5.95. The molecule has 0 aliphatic rings. The summed E-state index contributed by atoms with van der Waals surface area (Å²) in [6.07, 6.45) is 0. The monoisotopic (exact) mass is 367 g/mol. The summed E-state index contributed by atoms with van der Waals surface area (Å²) in [6, 6.07) is 19.8. The average molecular weight is 367 g/mol. The van der Waals surface area contributed by atoms with E-state index in [1.54, 1.807) is 12.1 Å². The molecule has 1 N–H and O–H groups in total. The lowest BCUT2D eigenvalue weighted by atomic mass is 10.1. The van der Waals surface area contributed by atoms with E-state index >= 15 is 0 Å². The first-order valence-corrected chi connectivity index (χ1v) is 8.11.